The first kappa shape index (κ1) is 17.5. The molecule has 2 aromatic rings. The quantitative estimate of drug-likeness (QED) is 0.416. The molecule has 26 heavy (non-hydrogen) atoms. The fourth-order valence-corrected chi connectivity index (χ4v) is 2.80. The van der Waals surface area contributed by atoms with Crippen molar-refractivity contribution < 1.29 is 19.6 Å². The van der Waals surface area contributed by atoms with Crippen LogP contribution in [0.3, 0.4) is 0 Å². The second kappa shape index (κ2) is 7.73. The number of anilines is 1. The van der Waals surface area contributed by atoms with Gasteiger partial charge in [-0.1, -0.05) is 30.3 Å². The first-order chi connectivity index (χ1) is 12.5. The van der Waals surface area contributed by atoms with Gasteiger partial charge in [-0.25, -0.2) is 4.79 Å². The molecule has 1 saturated carbocycles. The van der Waals surface area contributed by atoms with Crippen molar-refractivity contribution in [1.29, 1.82) is 0 Å². The SMILES string of the molecule is O=C(NC1CC(Nc2ccc(O)cc2[N+](=O)[O-])C1)OCc1ccccc1. The molecule has 0 unspecified atom stereocenters. The number of nitrogens with one attached hydrogen (secondary N) is 2. The van der Waals surface area contributed by atoms with Crippen LogP contribution in [-0.4, -0.2) is 28.2 Å². The molecule has 136 valence electrons. The number of nitro groups is 1. The van der Waals surface area contributed by atoms with Gasteiger partial charge in [0.25, 0.3) is 5.69 Å². The maximum absolute atomic E-state index is 11.8. The third-order valence-corrected chi connectivity index (χ3v) is 4.21. The van der Waals surface area contributed by atoms with E-state index in [1.54, 1.807) is 0 Å². The number of nitro benzene ring substituents is 1. The maximum Gasteiger partial charge on any atom is 0.407 e. The van der Waals surface area contributed by atoms with E-state index in [9.17, 15) is 20.0 Å². The van der Waals surface area contributed by atoms with Crippen LogP contribution in [0.1, 0.15) is 18.4 Å². The lowest BCUT2D eigenvalue weighted by molar-refractivity contribution is -0.384. The molecule has 0 heterocycles. The Hall–Kier alpha value is -3.29. The zero-order valence-electron chi connectivity index (χ0n) is 13.9. The fraction of sp³-hybridized carbons (Fsp3) is 0.278. The van der Waals surface area contributed by atoms with E-state index < -0.39 is 11.0 Å². The Kier molecular flexibility index (Phi) is 5.21. The molecule has 8 heteroatoms. The van der Waals surface area contributed by atoms with E-state index in [1.165, 1.54) is 12.1 Å². The minimum Gasteiger partial charge on any atom is -0.508 e. The van der Waals surface area contributed by atoms with E-state index >= 15 is 0 Å². The number of hydrogen-bond donors (Lipinski definition) is 3. The molecule has 3 N–H and O–H groups in total. The lowest BCUT2D eigenvalue weighted by Crippen LogP contribution is -2.49. The summed E-state index contributed by atoms with van der Waals surface area (Å²) in [6, 6.07) is 13.4. The van der Waals surface area contributed by atoms with Crippen LogP contribution in [0.2, 0.25) is 0 Å². The molecule has 0 atom stereocenters. The third kappa shape index (κ3) is 4.41. The Bertz CT molecular complexity index is 791. The van der Waals surface area contributed by atoms with E-state index in [1.807, 2.05) is 30.3 Å². The molecule has 1 fully saturated rings. The van der Waals surface area contributed by atoms with Crippen molar-refractivity contribution >= 4 is 17.5 Å². The van der Waals surface area contributed by atoms with Gasteiger partial charge >= 0.3 is 6.09 Å². The van der Waals surface area contributed by atoms with Crippen molar-refractivity contribution in [1.82, 2.24) is 5.32 Å². The van der Waals surface area contributed by atoms with Crippen LogP contribution in [0.4, 0.5) is 16.2 Å². The molecular weight excluding hydrogens is 338 g/mol. The van der Waals surface area contributed by atoms with Crippen LogP contribution >= 0.6 is 0 Å². The second-order valence-electron chi connectivity index (χ2n) is 6.17. The smallest absolute Gasteiger partial charge is 0.407 e. The lowest BCUT2D eigenvalue weighted by Gasteiger charge is -2.36. The number of amides is 1. The van der Waals surface area contributed by atoms with Gasteiger partial charge in [0.05, 0.1) is 11.0 Å². The normalized spacial score (nSPS) is 18.5. The highest BCUT2D eigenvalue weighted by atomic mass is 16.6. The summed E-state index contributed by atoms with van der Waals surface area (Å²) in [4.78, 5) is 22.3. The maximum atomic E-state index is 11.8. The van der Waals surface area contributed by atoms with Crippen LogP contribution in [0, 0.1) is 10.1 Å². The van der Waals surface area contributed by atoms with Gasteiger partial charge in [-0.05, 0) is 30.5 Å². The van der Waals surface area contributed by atoms with Crippen LogP contribution < -0.4 is 10.6 Å². The summed E-state index contributed by atoms with van der Waals surface area (Å²) in [7, 11) is 0. The zero-order valence-corrected chi connectivity index (χ0v) is 13.9. The van der Waals surface area contributed by atoms with E-state index in [0.29, 0.717) is 18.5 Å². The van der Waals surface area contributed by atoms with E-state index in [0.717, 1.165) is 11.6 Å². The number of carbonyl (C=O) groups excluding carboxylic acids is 1. The number of aromatic hydroxyl groups is 1. The molecule has 2 aromatic carbocycles. The van der Waals surface area contributed by atoms with Crippen LogP contribution in [-0.2, 0) is 11.3 Å². The second-order valence-corrected chi connectivity index (χ2v) is 6.17. The number of benzene rings is 2. The lowest BCUT2D eigenvalue weighted by atomic mass is 9.86. The molecule has 1 aliphatic carbocycles. The van der Waals surface area contributed by atoms with Crippen LogP contribution in [0.15, 0.2) is 48.5 Å². The number of hydrogen-bond acceptors (Lipinski definition) is 6. The Balaban J connectivity index is 1.43. The third-order valence-electron chi connectivity index (χ3n) is 4.21. The molecule has 0 saturated heterocycles. The summed E-state index contributed by atoms with van der Waals surface area (Å²) in [6.07, 6.45) is 0.796. The molecule has 8 nitrogen and oxygen atoms in total. The number of carbonyl (C=O) groups is 1. The van der Waals surface area contributed by atoms with E-state index in [4.69, 9.17) is 4.74 Å². The van der Waals surface area contributed by atoms with Gasteiger partial charge in [-0.2, -0.15) is 0 Å². The molecule has 0 aromatic heterocycles. The molecule has 0 bridgehead atoms. The Morgan fingerprint density at radius 1 is 1.19 bits per heavy atom. The predicted octanol–water partition coefficient (Wildman–Crippen LogP) is 3.17. The van der Waals surface area contributed by atoms with E-state index in [-0.39, 0.29) is 30.1 Å². The van der Waals surface area contributed by atoms with Gasteiger partial charge in [0.1, 0.15) is 18.0 Å². The number of phenolic OH excluding ortho intramolecular Hbond substituents is 1. The standard InChI is InChI=1S/C18H19N3O5/c22-15-6-7-16(17(10-15)21(24)25)19-13-8-14(9-13)20-18(23)26-11-12-4-2-1-3-5-12/h1-7,10,13-14,19,22H,8-9,11H2,(H,20,23). The van der Waals surface area contributed by atoms with Gasteiger partial charge in [0.2, 0.25) is 0 Å². The number of nitrogens with zero attached hydrogens (tertiary/aromatic N) is 1. The number of alkyl carbamates (subject to hydrolysis) is 1. The number of rotatable bonds is 6. The minimum atomic E-state index is -0.544. The fourth-order valence-electron chi connectivity index (χ4n) is 2.80. The summed E-state index contributed by atoms with van der Waals surface area (Å²) in [5, 5.41) is 26.3. The van der Waals surface area contributed by atoms with Crippen molar-refractivity contribution in [3.05, 3.63) is 64.2 Å². The first-order valence-corrected chi connectivity index (χ1v) is 8.22. The van der Waals surface area contributed by atoms with Crippen molar-refractivity contribution in [2.24, 2.45) is 0 Å². The summed E-state index contributed by atoms with van der Waals surface area (Å²) >= 11 is 0. The van der Waals surface area contributed by atoms with Gasteiger partial charge in [-0.15, -0.1) is 0 Å². The molecular formula is C18H19N3O5. The Morgan fingerprint density at radius 2 is 1.92 bits per heavy atom. The van der Waals surface area contributed by atoms with Gasteiger partial charge < -0.3 is 20.5 Å². The molecule has 1 amide bonds. The zero-order chi connectivity index (χ0) is 18.5. The van der Waals surface area contributed by atoms with Gasteiger partial charge in [0, 0.05) is 12.1 Å². The minimum absolute atomic E-state index is 0.0117. The molecule has 1 aliphatic rings. The van der Waals surface area contributed by atoms with E-state index in [2.05, 4.69) is 10.6 Å². The Labute approximate surface area is 149 Å². The Morgan fingerprint density at radius 3 is 2.62 bits per heavy atom. The highest BCUT2D eigenvalue weighted by Crippen LogP contribution is 2.32. The van der Waals surface area contributed by atoms with Crippen molar-refractivity contribution in [3.63, 3.8) is 0 Å². The molecule has 0 radical (unpaired) electrons. The predicted molar refractivity (Wildman–Crippen MR) is 95.0 cm³/mol. The van der Waals surface area contributed by atoms with Crippen LogP contribution in [0.25, 0.3) is 0 Å². The topological polar surface area (TPSA) is 114 Å². The first-order valence-electron chi connectivity index (χ1n) is 8.22. The average Bonchev–Trinajstić information content (AvgIpc) is 2.60. The highest BCUT2D eigenvalue weighted by Gasteiger charge is 2.32. The van der Waals surface area contributed by atoms with Crippen molar-refractivity contribution in [3.8, 4) is 5.75 Å². The average molecular weight is 357 g/mol. The number of phenols is 1. The van der Waals surface area contributed by atoms with Gasteiger partial charge in [0.15, 0.2) is 0 Å². The molecule has 0 spiro atoms. The largest absolute Gasteiger partial charge is 0.508 e. The summed E-state index contributed by atoms with van der Waals surface area (Å²) in [5.74, 6) is -0.156. The molecule has 0 aliphatic heterocycles. The van der Waals surface area contributed by atoms with Crippen LogP contribution in [0.5, 0.6) is 5.75 Å². The van der Waals surface area contributed by atoms with Crippen molar-refractivity contribution in [2.75, 3.05) is 5.32 Å². The summed E-state index contributed by atoms with van der Waals surface area (Å²) in [6.45, 7) is 0.209. The highest BCUT2D eigenvalue weighted by molar-refractivity contribution is 5.68. The summed E-state index contributed by atoms with van der Waals surface area (Å²) < 4.78 is 5.16. The van der Waals surface area contributed by atoms with Crippen molar-refractivity contribution in [2.45, 2.75) is 31.5 Å². The number of ether oxygens (including phenoxy) is 1. The van der Waals surface area contributed by atoms with Gasteiger partial charge in [-0.3, -0.25) is 10.1 Å². The monoisotopic (exact) mass is 357 g/mol. The molecule has 3 rings (SSSR count). The summed E-state index contributed by atoms with van der Waals surface area (Å²) in [5.41, 5.74) is 1.09.